The van der Waals surface area contributed by atoms with Crippen LogP contribution in [0.15, 0.2) is 18.2 Å². The summed E-state index contributed by atoms with van der Waals surface area (Å²) < 4.78 is 0. The minimum absolute atomic E-state index is 0.123. The van der Waals surface area contributed by atoms with Crippen molar-refractivity contribution in [2.45, 2.75) is 19.4 Å². The molecule has 5 heteroatoms. The van der Waals surface area contributed by atoms with E-state index >= 15 is 0 Å². The second-order valence-corrected chi connectivity index (χ2v) is 4.16. The van der Waals surface area contributed by atoms with Crippen molar-refractivity contribution in [2.75, 3.05) is 17.7 Å². The van der Waals surface area contributed by atoms with Crippen LogP contribution in [0.5, 0.6) is 0 Å². The third-order valence-electron chi connectivity index (χ3n) is 2.88. The molecule has 1 unspecified atom stereocenters. The lowest BCUT2D eigenvalue weighted by atomic mass is 10.2. The molecule has 0 spiro atoms. The molecule has 2 aromatic rings. The quantitative estimate of drug-likeness (QED) is 0.787. The molecule has 0 saturated carbocycles. The van der Waals surface area contributed by atoms with Crippen LogP contribution >= 0.6 is 0 Å². The molecular formula is C12H15N5. The summed E-state index contributed by atoms with van der Waals surface area (Å²) in [5.74, 6) is 0.758. The Hall–Kier alpha value is -2.22. The molecule has 1 aromatic heterocycles. The monoisotopic (exact) mass is 229 g/mol. The Balaban J connectivity index is 2.33. The highest BCUT2D eigenvalue weighted by Gasteiger charge is 2.13. The number of imidazole rings is 1. The molecule has 0 fully saturated rings. The van der Waals surface area contributed by atoms with E-state index in [-0.39, 0.29) is 6.04 Å². The number of H-pyrrole nitrogens is 1. The van der Waals surface area contributed by atoms with Crippen molar-refractivity contribution in [1.82, 2.24) is 9.97 Å². The van der Waals surface area contributed by atoms with Crippen LogP contribution < -0.4 is 10.6 Å². The van der Waals surface area contributed by atoms with Crippen molar-refractivity contribution < 1.29 is 0 Å². The fourth-order valence-electron chi connectivity index (χ4n) is 1.66. The fourth-order valence-corrected chi connectivity index (χ4v) is 1.66. The van der Waals surface area contributed by atoms with Gasteiger partial charge < -0.3 is 15.6 Å². The number of nitrogens with zero attached hydrogens (tertiary/aromatic N) is 3. The highest BCUT2D eigenvalue weighted by atomic mass is 15.3. The molecule has 3 N–H and O–H groups in total. The number of nitrogens with two attached hydrogens (primary N) is 1. The standard InChI is InChI=1S/C12H15N5/c1-8(5-6-13)17(2)12-15-10-4-3-9(14)7-11(10)16-12/h3-4,7-8H,5,14H2,1-2H3,(H,15,16). The van der Waals surface area contributed by atoms with Gasteiger partial charge in [0.2, 0.25) is 5.95 Å². The number of aromatic nitrogens is 2. The molecule has 1 heterocycles. The SMILES string of the molecule is CC(CC#N)N(C)c1nc2ccc(N)cc2[nH]1. The van der Waals surface area contributed by atoms with Gasteiger partial charge >= 0.3 is 0 Å². The largest absolute Gasteiger partial charge is 0.399 e. The normalized spacial score (nSPS) is 12.3. The maximum Gasteiger partial charge on any atom is 0.203 e. The average molecular weight is 229 g/mol. The van der Waals surface area contributed by atoms with Gasteiger partial charge in [-0.25, -0.2) is 4.98 Å². The van der Waals surface area contributed by atoms with Gasteiger partial charge in [0, 0.05) is 18.8 Å². The Morgan fingerprint density at radius 1 is 1.59 bits per heavy atom. The van der Waals surface area contributed by atoms with E-state index in [2.05, 4.69) is 16.0 Å². The predicted molar refractivity (Wildman–Crippen MR) is 68.6 cm³/mol. The van der Waals surface area contributed by atoms with Crippen molar-refractivity contribution in [2.24, 2.45) is 0 Å². The van der Waals surface area contributed by atoms with E-state index in [0.717, 1.165) is 17.0 Å². The second-order valence-electron chi connectivity index (χ2n) is 4.16. The summed E-state index contributed by atoms with van der Waals surface area (Å²) in [6.07, 6.45) is 0.468. The summed E-state index contributed by atoms with van der Waals surface area (Å²) in [5, 5.41) is 8.68. The van der Waals surface area contributed by atoms with Gasteiger partial charge in [-0.3, -0.25) is 0 Å². The summed E-state index contributed by atoms with van der Waals surface area (Å²) in [5.41, 5.74) is 8.21. The molecule has 0 radical (unpaired) electrons. The molecule has 1 atom stereocenters. The third-order valence-corrected chi connectivity index (χ3v) is 2.88. The number of anilines is 2. The molecular weight excluding hydrogens is 214 g/mol. The minimum Gasteiger partial charge on any atom is -0.399 e. The average Bonchev–Trinajstić information content (AvgIpc) is 2.71. The topological polar surface area (TPSA) is 81.7 Å². The molecule has 0 aliphatic heterocycles. The van der Waals surface area contributed by atoms with Gasteiger partial charge in [-0.1, -0.05) is 0 Å². The maximum atomic E-state index is 8.68. The van der Waals surface area contributed by atoms with Crippen molar-refractivity contribution in [3.63, 3.8) is 0 Å². The molecule has 0 amide bonds. The predicted octanol–water partition coefficient (Wildman–Crippen LogP) is 1.88. The van der Waals surface area contributed by atoms with E-state index in [1.165, 1.54) is 0 Å². The Morgan fingerprint density at radius 2 is 2.35 bits per heavy atom. The lowest BCUT2D eigenvalue weighted by molar-refractivity contribution is 0.688. The van der Waals surface area contributed by atoms with Crippen molar-refractivity contribution in [3.05, 3.63) is 18.2 Å². The van der Waals surface area contributed by atoms with Gasteiger partial charge in [0.1, 0.15) is 0 Å². The zero-order valence-corrected chi connectivity index (χ0v) is 9.94. The number of nitriles is 1. The molecule has 0 bridgehead atoms. The van der Waals surface area contributed by atoms with E-state index in [1.807, 2.05) is 37.1 Å². The number of nitrogen functional groups attached to an aromatic ring is 1. The fraction of sp³-hybridized carbons (Fsp3) is 0.333. The number of hydrogen-bond donors (Lipinski definition) is 2. The van der Waals surface area contributed by atoms with Crippen LogP contribution in [0.25, 0.3) is 11.0 Å². The molecule has 0 aliphatic carbocycles. The minimum atomic E-state index is 0.123. The van der Waals surface area contributed by atoms with Crippen LogP contribution in [-0.2, 0) is 0 Å². The zero-order valence-electron chi connectivity index (χ0n) is 9.94. The number of nitrogens with one attached hydrogen (secondary N) is 1. The lowest BCUT2D eigenvalue weighted by Crippen LogP contribution is -2.29. The summed E-state index contributed by atoms with van der Waals surface area (Å²) in [6, 6.07) is 7.84. The van der Waals surface area contributed by atoms with Gasteiger partial charge in [-0.2, -0.15) is 5.26 Å². The van der Waals surface area contributed by atoms with Gasteiger partial charge in [0.05, 0.1) is 23.5 Å². The van der Waals surface area contributed by atoms with Crippen molar-refractivity contribution in [1.29, 1.82) is 5.26 Å². The molecule has 0 aliphatic rings. The molecule has 1 aromatic carbocycles. The second kappa shape index (κ2) is 4.34. The Kier molecular flexibility index (Phi) is 2.88. The smallest absolute Gasteiger partial charge is 0.203 e. The molecule has 5 nitrogen and oxygen atoms in total. The van der Waals surface area contributed by atoms with Crippen molar-refractivity contribution >= 4 is 22.7 Å². The van der Waals surface area contributed by atoms with Gasteiger partial charge in [-0.05, 0) is 25.1 Å². The molecule has 0 saturated heterocycles. The van der Waals surface area contributed by atoms with Crippen LogP contribution in [0.1, 0.15) is 13.3 Å². The van der Waals surface area contributed by atoms with Crippen LogP contribution in [0, 0.1) is 11.3 Å². The number of fused-ring (bicyclic) bond motifs is 1. The van der Waals surface area contributed by atoms with Gasteiger partial charge in [-0.15, -0.1) is 0 Å². The Bertz CT molecular complexity index is 566. The van der Waals surface area contributed by atoms with E-state index in [9.17, 15) is 0 Å². The summed E-state index contributed by atoms with van der Waals surface area (Å²) in [6.45, 7) is 1.99. The highest BCUT2D eigenvalue weighted by molar-refractivity contribution is 5.80. The first-order valence-corrected chi connectivity index (χ1v) is 5.47. The molecule has 2 rings (SSSR count). The van der Waals surface area contributed by atoms with E-state index in [0.29, 0.717) is 12.1 Å². The van der Waals surface area contributed by atoms with Crippen LogP contribution in [-0.4, -0.2) is 23.1 Å². The first kappa shape index (κ1) is 11.3. The summed E-state index contributed by atoms with van der Waals surface area (Å²) in [7, 11) is 1.92. The van der Waals surface area contributed by atoms with Crippen LogP contribution in [0.3, 0.4) is 0 Å². The van der Waals surface area contributed by atoms with Crippen molar-refractivity contribution in [3.8, 4) is 6.07 Å². The lowest BCUT2D eigenvalue weighted by Gasteiger charge is -2.21. The molecule has 88 valence electrons. The van der Waals surface area contributed by atoms with E-state index in [4.69, 9.17) is 11.0 Å². The number of benzene rings is 1. The Morgan fingerprint density at radius 3 is 3.06 bits per heavy atom. The number of rotatable bonds is 3. The van der Waals surface area contributed by atoms with Gasteiger partial charge in [0.25, 0.3) is 0 Å². The number of hydrogen-bond acceptors (Lipinski definition) is 4. The Labute approximate surface area is 99.9 Å². The van der Waals surface area contributed by atoms with Crippen LogP contribution in [0.4, 0.5) is 11.6 Å². The maximum absolute atomic E-state index is 8.68. The summed E-state index contributed by atoms with van der Waals surface area (Å²) >= 11 is 0. The summed E-state index contributed by atoms with van der Waals surface area (Å²) in [4.78, 5) is 9.62. The van der Waals surface area contributed by atoms with E-state index in [1.54, 1.807) is 0 Å². The third kappa shape index (κ3) is 2.16. The molecule has 17 heavy (non-hydrogen) atoms. The first-order valence-electron chi connectivity index (χ1n) is 5.47. The number of aromatic amines is 1. The first-order chi connectivity index (χ1) is 8.11. The van der Waals surface area contributed by atoms with Crippen LogP contribution in [0.2, 0.25) is 0 Å². The van der Waals surface area contributed by atoms with E-state index < -0.39 is 0 Å². The zero-order chi connectivity index (χ0) is 12.4. The highest BCUT2D eigenvalue weighted by Crippen LogP contribution is 2.20. The van der Waals surface area contributed by atoms with Gasteiger partial charge in [0.15, 0.2) is 0 Å².